The number of nitrogens with zero attached hydrogens (tertiary/aromatic N) is 1. The van der Waals surface area contributed by atoms with Crippen LogP contribution in [0.25, 0.3) is 0 Å². The Bertz CT molecular complexity index is 467. The molecule has 1 atom stereocenters. The van der Waals surface area contributed by atoms with E-state index >= 15 is 0 Å². The highest BCUT2D eigenvalue weighted by atomic mass is 79.9. The molecule has 1 aliphatic rings. The lowest BCUT2D eigenvalue weighted by atomic mass is 10.0. The maximum Gasteiger partial charge on any atom is 0.243 e. The second-order valence-corrected chi connectivity index (χ2v) is 4.81. The number of halogens is 3. The summed E-state index contributed by atoms with van der Waals surface area (Å²) in [4.78, 5) is 13.0. The SMILES string of the molecule is NC1CCCN(c2cc(F)c(Br)cc2F)C1=O. The molecule has 0 aliphatic carbocycles. The summed E-state index contributed by atoms with van der Waals surface area (Å²) in [6.45, 7) is 0.366. The van der Waals surface area contributed by atoms with Gasteiger partial charge in [-0.1, -0.05) is 0 Å². The van der Waals surface area contributed by atoms with Crippen LogP contribution in [0.15, 0.2) is 16.6 Å². The van der Waals surface area contributed by atoms with E-state index in [0.717, 1.165) is 12.1 Å². The Hall–Kier alpha value is -1.01. The van der Waals surface area contributed by atoms with Crippen LogP contribution >= 0.6 is 15.9 Å². The second kappa shape index (κ2) is 4.70. The molecular weight excluding hydrogens is 294 g/mol. The van der Waals surface area contributed by atoms with Crippen molar-refractivity contribution in [2.45, 2.75) is 18.9 Å². The van der Waals surface area contributed by atoms with Crippen molar-refractivity contribution in [1.29, 1.82) is 0 Å². The Morgan fingerprint density at radius 1 is 1.35 bits per heavy atom. The van der Waals surface area contributed by atoms with Crippen LogP contribution in [0.4, 0.5) is 14.5 Å². The standard InChI is InChI=1S/C11H11BrF2N2O/c12-6-4-8(14)10(5-7(6)13)16-3-1-2-9(15)11(16)17/h4-5,9H,1-3,15H2. The van der Waals surface area contributed by atoms with Gasteiger partial charge >= 0.3 is 0 Å². The molecule has 0 saturated carbocycles. The fraction of sp³-hybridized carbons (Fsp3) is 0.364. The van der Waals surface area contributed by atoms with Crippen LogP contribution in [-0.2, 0) is 4.79 Å². The second-order valence-electron chi connectivity index (χ2n) is 3.96. The van der Waals surface area contributed by atoms with Gasteiger partial charge in [0.05, 0.1) is 16.2 Å². The first kappa shape index (κ1) is 12.4. The molecule has 2 rings (SSSR count). The van der Waals surface area contributed by atoms with Gasteiger partial charge in [-0.2, -0.15) is 0 Å². The van der Waals surface area contributed by atoms with E-state index in [4.69, 9.17) is 5.73 Å². The van der Waals surface area contributed by atoms with Gasteiger partial charge in [0.1, 0.15) is 11.6 Å². The summed E-state index contributed by atoms with van der Waals surface area (Å²) in [5.41, 5.74) is 5.56. The molecule has 1 aromatic rings. The predicted octanol–water partition coefficient (Wildman–Crippen LogP) is 2.18. The summed E-state index contributed by atoms with van der Waals surface area (Å²) < 4.78 is 27.1. The molecular formula is C11H11BrF2N2O. The van der Waals surface area contributed by atoms with E-state index in [1.807, 2.05) is 0 Å². The topological polar surface area (TPSA) is 46.3 Å². The number of piperidine rings is 1. The van der Waals surface area contributed by atoms with Gasteiger partial charge in [0.2, 0.25) is 5.91 Å². The first-order valence-corrected chi connectivity index (χ1v) is 6.01. The average molecular weight is 305 g/mol. The monoisotopic (exact) mass is 304 g/mol. The third-order valence-electron chi connectivity index (χ3n) is 2.76. The molecule has 1 saturated heterocycles. The first-order valence-electron chi connectivity index (χ1n) is 5.22. The highest BCUT2D eigenvalue weighted by Gasteiger charge is 2.29. The number of amides is 1. The molecule has 1 amide bonds. The molecule has 0 radical (unpaired) electrons. The van der Waals surface area contributed by atoms with Gasteiger partial charge in [-0.3, -0.25) is 4.79 Å². The maximum absolute atomic E-state index is 13.7. The van der Waals surface area contributed by atoms with Crippen LogP contribution in [0.5, 0.6) is 0 Å². The van der Waals surface area contributed by atoms with Crippen molar-refractivity contribution in [3.63, 3.8) is 0 Å². The lowest BCUT2D eigenvalue weighted by molar-refractivity contribution is -0.120. The summed E-state index contributed by atoms with van der Waals surface area (Å²) >= 11 is 2.89. The van der Waals surface area contributed by atoms with Crippen LogP contribution in [-0.4, -0.2) is 18.5 Å². The third-order valence-corrected chi connectivity index (χ3v) is 3.37. The lowest BCUT2D eigenvalue weighted by Gasteiger charge is -2.30. The Labute approximate surface area is 106 Å². The minimum Gasteiger partial charge on any atom is -0.320 e. The van der Waals surface area contributed by atoms with Gasteiger partial charge in [-0.15, -0.1) is 0 Å². The molecule has 92 valence electrons. The Morgan fingerprint density at radius 3 is 2.76 bits per heavy atom. The highest BCUT2D eigenvalue weighted by molar-refractivity contribution is 9.10. The van der Waals surface area contributed by atoms with Crippen LogP contribution in [0.2, 0.25) is 0 Å². The van der Waals surface area contributed by atoms with E-state index in [0.29, 0.717) is 19.4 Å². The summed E-state index contributed by atoms with van der Waals surface area (Å²) in [5.74, 6) is -1.61. The van der Waals surface area contributed by atoms with E-state index in [9.17, 15) is 13.6 Å². The number of hydrogen-bond donors (Lipinski definition) is 1. The predicted molar refractivity (Wildman–Crippen MR) is 63.6 cm³/mol. The summed E-state index contributed by atoms with van der Waals surface area (Å²) in [5, 5.41) is 0. The van der Waals surface area contributed by atoms with Crippen LogP contribution < -0.4 is 10.6 Å². The first-order chi connectivity index (χ1) is 8.00. The minimum absolute atomic E-state index is 0.0347. The molecule has 0 aromatic heterocycles. The zero-order valence-corrected chi connectivity index (χ0v) is 10.5. The number of hydrogen-bond acceptors (Lipinski definition) is 2. The Balaban J connectivity index is 2.39. The molecule has 3 nitrogen and oxygen atoms in total. The van der Waals surface area contributed by atoms with Gasteiger partial charge in [0, 0.05) is 12.6 Å². The number of carbonyl (C=O) groups is 1. The number of benzene rings is 1. The smallest absolute Gasteiger partial charge is 0.243 e. The normalized spacial score (nSPS) is 20.8. The van der Waals surface area contributed by atoms with Crippen LogP contribution in [0.1, 0.15) is 12.8 Å². The fourth-order valence-corrected chi connectivity index (χ4v) is 2.18. The van der Waals surface area contributed by atoms with Crippen molar-refractivity contribution in [3.05, 3.63) is 28.2 Å². The Morgan fingerprint density at radius 2 is 2.06 bits per heavy atom. The van der Waals surface area contributed by atoms with Crippen LogP contribution in [0.3, 0.4) is 0 Å². The van der Waals surface area contributed by atoms with E-state index in [1.54, 1.807) is 0 Å². The van der Waals surface area contributed by atoms with E-state index in [2.05, 4.69) is 15.9 Å². The molecule has 6 heteroatoms. The highest BCUT2D eigenvalue weighted by Crippen LogP contribution is 2.28. The fourth-order valence-electron chi connectivity index (χ4n) is 1.86. The largest absolute Gasteiger partial charge is 0.320 e. The number of nitrogens with two attached hydrogens (primary N) is 1. The molecule has 1 unspecified atom stereocenters. The summed E-state index contributed by atoms with van der Waals surface area (Å²) in [6, 6.07) is 1.39. The zero-order valence-electron chi connectivity index (χ0n) is 8.92. The van der Waals surface area contributed by atoms with Gasteiger partial charge in [-0.25, -0.2) is 8.78 Å². The van der Waals surface area contributed by atoms with E-state index in [-0.39, 0.29) is 16.1 Å². The Kier molecular flexibility index (Phi) is 3.44. The van der Waals surface area contributed by atoms with Gasteiger partial charge < -0.3 is 10.6 Å². The third kappa shape index (κ3) is 2.32. The van der Waals surface area contributed by atoms with Crippen molar-refractivity contribution in [2.75, 3.05) is 11.4 Å². The van der Waals surface area contributed by atoms with Crippen LogP contribution in [0, 0.1) is 11.6 Å². The maximum atomic E-state index is 13.7. The molecule has 0 spiro atoms. The molecule has 1 fully saturated rings. The number of anilines is 1. The van der Waals surface area contributed by atoms with E-state index in [1.165, 1.54) is 4.90 Å². The number of rotatable bonds is 1. The average Bonchev–Trinajstić information content (AvgIpc) is 2.28. The molecule has 17 heavy (non-hydrogen) atoms. The molecule has 0 bridgehead atoms. The zero-order chi connectivity index (χ0) is 12.6. The van der Waals surface area contributed by atoms with Gasteiger partial charge in [0.25, 0.3) is 0 Å². The lowest BCUT2D eigenvalue weighted by Crippen LogP contribution is -2.48. The van der Waals surface area contributed by atoms with Gasteiger partial charge in [0.15, 0.2) is 0 Å². The minimum atomic E-state index is -0.638. The molecule has 2 N–H and O–H groups in total. The van der Waals surface area contributed by atoms with Gasteiger partial charge in [-0.05, 0) is 34.8 Å². The molecule has 1 aromatic carbocycles. The quantitative estimate of drug-likeness (QED) is 0.808. The van der Waals surface area contributed by atoms with Crippen molar-refractivity contribution in [2.24, 2.45) is 5.73 Å². The van der Waals surface area contributed by atoms with Crippen molar-refractivity contribution >= 4 is 27.5 Å². The summed E-state index contributed by atoms with van der Waals surface area (Å²) in [7, 11) is 0. The van der Waals surface area contributed by atoms with E-state index < -0.39 is 17.7 Å². The van der Waals surface area contributed by atoms with Crippen molar-refractivity contribution in [3.8, 4) is 0 Å². The van der Waals surface area contributed by atoms with Crippen molar-refractivity contribution in [1.82, 2.24) is 0 Å². The molecule has 1 heterocycles. The van der Waals surface area contributed by atoms with Crippen molar-refractivity contribution < 1.29 is 13.6 Å². The summed E-state index contributed by atoms with van der Waals surface area (Å²) in [6.07, 6.45) is 1.26. The number of carbonyl (C=O) groups excluding carboxylic acids is 1. The molecule has 1 aliphatic heterocycles.